The number of hydrogen-bond acceptors (Lipinski definition) is 3. The van der Waals surface area contributed by atoms with Crippen molar-refractivity contribution in [2.45, 2.75) is 44.4 Å². The number of hydrogen-bond donors (Lipinski definition) is 0. The van der Waals surface area contributed by atoms with Crippen molar-refractivity contribution >= 4 is 19.7 Å². The average molecular weight is 323 g/mol. The summed E-state index contributed by atoms with van der Waals surface area (Å²) in [4.78, 5) is -0.315. The van der Waals surface area contributed by atoms with Crippen LogP contribution in [0.15, 0.2) is 23.1 Å². The van der Waals surface area contributed by atoms with E-state index in [1.165, 1.54) is 6.07 Å². The Morgan fingerprint density at radius 3 is 2.60 bits per heavy atom. The number of halogens is 2. The van der Waals surface area contributed by atoms with E-state index in [1.807, 2.05) is 0 Å². The molecule has 0 N–H and O–H groups in total. The summed E-state index contributed by atoms with van der Waals surface area (Å²) in [7, 11) is 1.27. The summed E-state index contributed by atoms with van der Waals surface area (Å²) in [5.41, 5.74) is 0. The zero-order valence-electron chi connectivity index (χ0n) is 11.7. The molecule has 0 aliphatic heterocycles. The highest BCUT2D eigenvalue weighted by Gasteiger charge is 2.19. The van der Waals surface area contributed by atoms with Crippen LogP contribution in [0.1, 0.15) is 39.5 Å². The van der Waals surface area contributed by atoms with Crippen molar-refractivity contribution in [1.29, 1.82) is 0 Å². The van der Waals surface area contributed by atoms with Gasteiger partial charge in [0.2, 0.25) is 0 Å². The van der Waals surface area contributed by atoms with Gasteiger partial charge in [0.05, 0.1) is 6.61 Å². The van der Waals surface area contributed by atoms with E-state index in [4.69, 9.17) is 15.4 Å². The van der Waals surface area contributed by atoms with Gasteiger partial charge in [-0.3, -0.25) is 0 Å². The van der Waals surface area contributed by atoms with E-state index in [-0.39, 0.29) is 10.6 Å². The Morgan fingerprint density at radius 1 is 1.35 bits per heavy atom. The maximum absolute atomic E-state index is 13.1. The van der Waals surface area contributed by atoms with Crippen LogP contribution >= 0.6 is 10.7 Å². The van der Waals surface area contributed by atoms with E-state index in [1.54, 1.807) is 0 Å². The maximum Gasteiger partial charge on any atom is 0.265 e. The van der Waals surface area contributed by atoms with Gasteiger partial charge in [0.1, 0.15) is 16.5 Å². The molecule has 6 heteroatoms. The molecule has 114 valence electrons. The lowest BCUT2D eigenvalue weighted by molar-refractivity contribution is 0.228. The first kappa shape index (κ1) is 17.2. The van der Waals surface area contributed by atoms with Gasteiger partial charge in [0.15, 0.2) is 0 Å². The van der Waals surface area contributed by atoms with E-state index in [9.17, 15) is 12.8 Å². The zero-order chi connectivity index (χ0) is 15.2. The summed E-state index contributed by atoms with van der Waals surface area (Å²) in [5.74, 6) is -0.197. The number of unbranched alkanes of at least 4 members (excludes halogenated alkanes) is 1. The van der Waals surface area contributed by atoms with Crippen molar-refractivity contribution in [3.63, 3.8) is 0 Å². The van der Waals surface area contributed by atoms with E-state index in [0.717, 1.165) is 37.8 Å². The lowest BCUT2D eigenvalue weighted by atomic mass is 10.0. The van der Waals surface area contributed by atoms with Crippen LogP contribution in [0, 0.1) is 11.7 Å². The standard InChI is InChI=1S/C14H20ClFO3S/c1-3-5-6-11(4-2)10-19-13-8-7-12(16)9-14(13)20(15,17)18/h7-9,11H,3-6,10H2,1-2H3. The van der Waals surface area contributed by atoms with Gasteiger partial charge in [0.25, 0.3) is 9.05 Å². The summed E-state index contributed by atoms with van der Waals surface area (Å²) in [5, 5.41) is 0. The molecule has 1 rings (SSSR count). The van der Waals surface area contributed by atoms with Crippen molar-refractivity contribution in [2.75, 3.05) is 6.61 Å². The molecule has 0 radical (unpaired) electrons. The molecule has 0 spiro atoms. The van der Waals surface area contributed by atoms with Crippen LogP contribution < -0.4 is 4.74 Å². The molecule has 0 amide bonds. The smallest absolute Gasteiger partial charge is 0.265 e. The van der Waals surface area contributed by atoms with Crippen molar-refractivity contribution in [3.8, 4) is 5.75 Å². The Hall–Kier alpha value is -0.810. The largest absolute Gasteiger partial charge is 0.492 e. The molecular formula is C14H20ClFO3S. The molecule has 0 saturated heterocycles. The molecule has 1 aromatic rings. The molecule has 0 saturated carbocycles. The van der Waals surface area contributed by atoms with Crippen LogP contribution in [0.3, 0.4) is 0 Å². The second-order valence-corrected chi connectivity index (χ2v) is 7.29. The molecular weight excluding hydrogens is 303 g/mol. The van der Waals surface area contributed by atoms with Crippen molar-refractivity contribution < 1.29 is 17.5 Å². The maximum atomic E-state index is 13.1. The summed E-state index contributed by atoms with van der Waals surface area (Å²) in [6.45, 7) is 4.58. The Balaban J connectivity index is 2.82. The molecule has 1 atom stereocenters. The fraction of sp³-hybridized carbons (Fsp3) is 0.571. The Kier molecular flexibility index (Phi) is 6.76. The van der Waals surface area contributed by atoms with Gasteiger partial charge in [-0.25, -0.2) is 12.8 Å². The Bertz CT molecular complexity index is 531. The van der Waals surface area contributed by atoms with Crippen LogP contribution in [0.5, 0.6) is 5.75 Å². The third kappa shape index (κ3) is 5.29. The predicted molar refractivity (Wildman–Crippen MR) is 78.2 cm³/mol. The molecule has 0 fully saturated rings. The minimum Gasteiger partial charge on any atom is -0.492 e. The Morgan fingerprint density at radius 2 is 2.05 bits per heavy atom. The summed E-state index contributed by atoms with van der Waals surface area (Å²) in [6, 6.07) is 3.34. The lowest BCUT2D eigenvalue weighted by Crippen LogP contribution is -2.12. The fourth-order valence-electron chi connectivity index (χ4n) is 1.90. The van der Waals surface area contributed by atoms with Crippen LogP contribution in [0.2, 0.25) is 0 Å². The first-order valence-electron chi connectivity index (χ1n) is 6.75. The quantitative estimate of drug-likeness (QED) is 0.668. The molecule has 3 nitrogen and oxygen atoms in total. The average Bonchev–Trinajstić information content (AvgIpc) is 2.39. The molecule has 1 aromatic carbocycles. The lowest BCUT2D eigenvalue weighted by Gasteiger charge is -2.16. The van der Waals surface area contributed by atoms with Crippen molar-refractivity contribution in [2.24, 2.45) is 5.92 Å². The van der Waals surface area contributed by atoms with E-state index >= 15 is 0 Å². The van der Waals surface area contributed by atoms with Crippen LogP contribution in [0.4, 0.5) is 4.39 Å². The van der Waals surface area contributed by atoms with E-state index < -0.39 is 14.9 Å². The summed E-state index contributed by atoms with van der Waals surface area (Å²) >= 11 is 0. The molecule has 20 heavy (non-hydrogen) atoms. The van der Waals surface area contributed by atoms with Crippen LogP contribution in [-0.4, -0.2) is 15.0 Å². The SMILES string of the molecule is CCCCC(CC)COc1ccc(F)cc1S(=O)(=O)Cl. The van der Waals surface area contributed by atoms with Gasteiger partial charge in [-0.2, -0.15) is 0 Å². The highest BCUT2D eigenvalue weighted by molar-refractivity contribution is 8.13. The molecule has 0 aliphatic rings. The minimum absolute atomic E-state index is 0.108. The van der Waals surface area contributed by atoms with Gasteiger partial charge >= 0.3 is 0 Å². The van der Waals surface area contributed by atoms with Crippen LogP contribution in [-0.2, 0) is 9.05 Å². The van der Waals surface area contributed by atoms with E-state index in [2.05, 4.69) is 13.8 Å². The monoisotopic (exact) mass is 322 g/mol. The van der Waals surface area contributed by atoms with Crippen molar-refractivity contribution in [3.05, 3.63) is 24.0 Å². The number of rotatable bonds is 8. The first-order chi connectivity index (χ1) is 9.38. The molecule has 0 aliphatic carbocycles. The molecule has 0 aromatic heterocycles. The second kappa shape index (κ2) is 7.84. The number of benzene rings is 1. The topological polar surface area (TPSA) is 43.4 Å². The Labute approximate surface area is 124 Å². The van der Waals surface area contributed by atoms with Crippen molar-refractivity contribution in [1.82, 2.24) is 0 Å². The molecule has 0 heterocycles. The molecule has 0 bridgehead atoms. The van der Waals surface area contributed by atoms with Crippen LogP contribution in [0.25, 0.3) is 0 Å². The fourth-order valence-corrected chi connectivity index (χ4v) is 2.88. The third-order valence-corrected chi connectivity index (χ3v) is 4.53. The summed E-state index contributed by atoms with van der Waals surface area (Å²) in [6.07, 6.45) is 4.18. The van der Waals surface area contributed by atoms with Gasteiger partial charge in [-0.1, -0.05) is 33.1 Å². The first-order valence-corrected chi connectivity index (χ1v) is 9.06. The van der Waals surface area contributed by atoms with Gasteiger partial charge in [-0.05, 0) is 30.5 Å². The minimum atomic E-state index is -4.02. The van der Waals surface area contributed by atoms with Gasteiger partial charge in [-0.15, -0.1) is 0 Å². The highest BCUT2D eigenvalue weighted by Crippen LogP contribution is 2.28. The highest BCUT2D eigenvalue weighted by atomic mass is 35.7. The second-order valence-electron chi connectivity index (χ2n) is 4.76. The third-order valence-electron chi connectivity index (χ3n) is 3.19. The van der Waals surface area contributed by atoms with Gasteiger partial charge in [0, 0.05) is 10.7 Å². The van der Waals surface area contributed by atoms with E-state index in [0.29, 0.717) is 12.5 Å². The molecule has 1 unspecified atom stereocenters. The zero-order valence-corrected chi connectivity index (χ0v) is 13.3. The normalized spacial score (nSPS) is 13.2. The predicted octanol–water partition coefficient (Wildman–Crippen LogP) is 4.35. The number of ether oxygens (including phenoxy) is 1. The summed E-state index contributed by atoms with van der Waals surface area (Å²) < 4.78 is 41.5. The van der Waals surface area contributed by atoms with Gasteiger partial charge < -0.3 is 4.74 Å².